The third-order valence-corrected chi connectivity index (χ3v) is 4.84. The molecule has 0 saturated heterocycles. The van der Waals surface area contributed by atoms with E-state index in [2.05, 4.69) is 20.4 Å². The molecule has 6 nitrogen and oxygen atoms in total. The number of imidazole rings is 1. The Morgan fingerprint density at radius 2 is 2.08 bits per heavy atom. The van der Waals surface area contributed by atoms with E-state index in [9.17, 15) is 4.79 Å². The van der Waals surface area contributed by atoms with Crippen molar-refractivity contribution < 1.29 is 4.79 Å². The Hall–Kier alpha value is -2.28. The van der Waals surface area contributed by atoms with E-state index in [1.807, 2.05) is 51.1 Å². The maximum Gasteiger partial charge on any atom is 0.235 e. The van der Waals surface area contributed by atoms with Crippen LogP contribution in [0.15, 0.2) is 36.5 Å². The first-order chi connectivity index (χ1) is 11.5. The molecule has 0 radical (unpaired) electrons. The second-order valence-corrected chi connectivity index (χ2v) is 7.22. The van der Waals surface area contributed by atoms with Gasteiger partial charge in [-0.15, -0.1) is 11.8 Å². The molecule has 2 aromatic heterocycles. The van der Waals surface area contributed by atoms with Crippen LogP contribution in [0.1, 0.15) is 37.9 Å². The van der Waals surface area contributed by atoms with E-state index in [4.69, 9.17) is 0 Å². The van der Waals surface area contributed by atoms with Crippen molar-refractivity contribution in [3.63, 3.8) is 0 Å². The molecule has 0 saturated carbocycles. The smallest absolute Gasteiger partial charge is 0.235 e. The molecule has 7 heteroatoms. The molecular formula is C17H21N5OS. The van der Waals surface area contributed by atoms with E-state index in [0.717, 1.165) is 22.7 Å². The lowest BCUT2D eigenvalue weighted by atomic mass is 10.3. The monoisotopic (exact) mass is 343 g/mol. The standard InChI is InChI=1S/C17H21N5OS/c1-11(2)22-15(8-9-18-22)21-16(23)10-24-12(3)17-19-13-6-4-5-7-14(13)20-17/h4-9,11-12H,10H2,1-3H3,(H,19,20)(H,21,23). The number of nitrogens with one attached hydrogen (secondary N) is 2. The second kappa shape index (κ2) is 7.09. The summed E-state index contributed by atoms with van der Waals surface area (Å²) in [6.45, 7) is 6.11. The van der Waals surface area contributed by atoms with Gasteiger partial charge < -0.3 is 10.3 Å². The van der Waals surface area contributed by atoms with Crippen LogP contribution >= 0.6 is 11.8 Å². The molecule has 0 bridgehead atoms. The van der Waals surface area contributed by atoms with Gasteiger partial charge >= 0.3 is 0 Å². The van der Waals surface area contributed by atoms with Crippen molar-refractivity contribution in [1.82, 2.24) is 19.7 Å². The highest BCUT2D eigenvalue weighted by molar-refractivity contribution is 8.00. The van der Waals surface area contributed by atoms with Crippen LogP contribution in [0.5, 0.6) is 0 Å². The largest absolute Gasteiger partial charge is 0.341 e. The van der Waals surface area contributed by atoms with Crippen LogP contribution < -0.4 is 5.32 Å². The van der Waals surface area contributed by atoms with Gasteiger partial charge in [-0.25, -0.2) is 9.67 Å². The van der Waals surface area contributed by atoms with E-state index in [1.54, 1.807) is 22.6 Å². The summed E-state index contributed by atoms with van der Waals surface area (Å²) in [6, 6.07) is 9.95. The summed E-state index contributed by atoms with van der Waals surface area (Å²) in [5.41, 5.74) is 1.97. The fraction of sp³-hybridized carbons (Fsp3) is 0.353. The number of nitrogens with zero attached hydrogens (tertiary/aromatic N) is 3. The topological polar surface area (TPSA) is 75.6 Å². The molecule has 1 amide bonds. The number of fused-ring (bicyclic) bond motifs is 1. The minimum atomic E-state index is -0.0367. The van der Waals surface area contributed by atoms with Gasteiger partial charge in [-0.05, 0) is 32.9 Å². The number of aromatic nitrogens is 4. The van der Waals surface area contributed by atoms with Gasteiger partial charge in [-0.2, -0.15) is 5.10 Å². The number of hydrogen-bond donors (Lipinski definition) is 2. The van der Waals surface area contributed by atoms with Crippen molar-refractivity contribution in [3.8, 4) is 0 Å². The lowest BCUT2D eigenvalue weighted by molar-refractivity contribution is -0.113. The minimum Gasteiger partial charge on any atom is -0.341 e. The first kappa shape index (κ1) is 16.6. The van der Waals surface area contributed by atoms with Crippen LogP contribution in [0.3, 0.4) is 0 Å². The predicted molar refractivity (Wildman–Crippen MR) is 98.2 cm³/mol. The Morgan fingerprint density at radius 1 is 1.29 bits per heavy atom. The number of para-hydroxylation sites is 2. The summed E-state index contributed by atoms with van der Waals surface area (Å²) in [7, 11) is 0. The van der Waals surface area contributed by atoms with Crippen LogP contribution in [0.25, 0.3) is 11.0 Å². The minimum absolute atomic E-state index is 0.0367. The van der Waals surface area contributed by atoms with Crippen molar-refractivity contribution in [2.24, 2.45) is 0 Å². The van der Waals surface area contributed by atoms with Crippen LogP contribution in [0, 0.1) is 0 Å². The number of benzene rings is 1. The summed E-state index contributed by atoms with van der Waals surface area (Å²) in [5, 5.41) is 7.24. The molecule has 126 valence electrons. The number of anilines is 1. The fourth-order valence-corrected chi connectivity index (χ4v) is 3.19. The number of H-pyrrole nitrogens is 1. The zero-order chi connectivity index (χ0) is 17.1. The summed E-state index contributed by atoms with van der Waals surface area (Å²) >= 11 is 1.55. The van der Waals surface area contributed by atoms with E-state index in [0.29, 0.717) is 5.75 Å². The fourth-order valence-electron chi connectivity index (χ4n) is 2.45. The van der Waals surface area contributed by atoms with Crippen molar-refractivity contribution in [2.75, 3.05) is 11.1 Å². The Kier molecular flexibility index (Phi) is 4.89. The number of amides is 1. The average Bonchev–Trinajstić information content (AvgIpc) is 3.18. The van der Waals surface area contributed by atoms with Gasteiger partial charge in [0.2, 0.25) is 5.91 Å². The number of aromatic amines is 1. The second-order valence-electron chi connectivity index (χ2n) is 5.90. The molecule has 0 aliphatic carbocycles. The Bertz CT molecular complexity index is 805. The molecule has 24 heavy (non-hydrogen) atoms. The van der Waals surface area contributed by atoms with Gasteiger partial charge in [-0.1, -0.05) is 12.1 Å². The Balaban J connectivity index is 1.58. The normalized spacial score (nSPS) is 12.7. The van der Waals surface area contributed by atoms with E-state index in [-0.39, 0.29) is 17.2 Å². The lowest BCUT2D eigenvalue weighted by Crippen LogP contribution is -2.18. The molecule has 0 aliphatic rings. The Labute approximate surface area is 145 Å². The Morgan fingerprint density at radius 3 is 2.83 bits per heavy atom. The van der Waals surface area contributed by atoms with Crippen molar-refractivity contribution in [2.45, 2.75) is 32.1 Å². The van der Waals surface area contributed by atoms with Crippen LogP contribution in [0.2, 0.25) is 0 Å². The third-order valence-electron chi connectivity index (χ3n) is 3.68. The van der Waals surface area contributed by atoms with Gasteiger partial charge in [0.15, 0.2) is 0 Å². The van der Waals surface area contributed by atoms with E-state index < -0.39 is 0 Å². The molecule has 1 aromatic carbocycles. The summed E-state index contributed by atoms with van der Waals surface area (Å²) in [5.74, 6) is 1.94. The number of carbonyl (C=O) groups excluding carboxylic acids is 1. The first-order valence-electron chi connectivity index (χ1n) is 7.94. The van der Waals surface area contributed by atoms with Crippen molar-refractivity contribution in [1.29, 1.82) is 0 Å². The van der Waals surface area contributed by atoms with Crippen molar-refractivity contribution in [3.05, 3.63) is 42.4 Å². The molecule has 3 rings (SSSR count). The molecule has 0 aliphatic heterocycles. The number of rotatable bonds is 6. The number of hydrogen-bond acceptors (Lipinski definition) is 4. The molecule has 1 atom stereocenters. The molecule has 1 unspecified atom stereocenters. The SMILES string of the molecule is CC(SCC(=O)Nc1ccnn1C(C)C)c1nc2ccccc2[nH]1. The van der Waals surface area contributed by atoms with E-state index >= 15 is 0 Å². The number of thioether (sulfide) groups is 1. The summed E-state index contributed by atoms with van der Waals surface area (Å²) in [6.07, 6.45) is 1.69. The van der Waals surface area contributed by atoms with Gasteiger partial charge in [0.05, 0.1) is 28.2 Å². The quantitative estimate of drug-likeness (QED) is 0.714. The van der Waals surface area contributed by atoms with Crippen LogP contribution in [0.4, 0.5) is 5.82 Å². The average molecular weight is 343 g/mol. The highest BCUT2D eigenvalue weighted by Gasteiger charge is 2.15. The van der Waals surface area contributed by atoms with Gasteiger partial charge in [-0.3, -0.25) is 4.79 Å². The molecule has 3 aromatic rings. The first-order valence-corrected chi connectivity index (χ1v) is 8.99. The predicted octanol–water partition coefficient (Wildman–Crippen LogP) is 3.77. The van der Waals surface area contributed by atoms with Crippen LogP contribution in [-0.2, 0) is 4.79 Å². The van der Waals surface area contributed by atoms with Crippen LogP contribution in [-0.4, -0.2) is 31.4 Å². The summed E-state index contributed by atoms with van der Waals surface area (Å²) in [4.78, 5) is 20.1. The third kappa shape index (κ3) is 3.62. The molecule has 0 spiro atoms. The molecule has 2 N–H and O–H groups in total. The summed E-state index contributed by atoms with van der Waals surface area (Å²) < 4.78 is 1.80. The van der Waals surface area contributed by atoms with Gasteiger partial charge in [0, 0.05) is 12.1 Å². The maximum absolute atomic E-state index is 12.2. The van der Waals surface area contributed by atoms with Gasteiger partial charge in [0.1, 0.15) is 11.6 Å². The van der Waals surface area contributed by atoms with Gasteiger partial charge in [0.25, 0.3) is 0 Å². The van der Waals surface area contributed by atoms with E-state index in [1.165, 1.54) is 0 Å². The van der Waals surface area contributed by atoms with Crippen molar-refractivity contribution >= 4 is 34.5 Å². The highest BCUT2D eigenvalue weighted by atomic mass is 32.2. The zero-order valence-electron chi connectivity index (χ0n) is 14.0. The number of carbonyl (C=O) groups is 1. The molecular weight excluding hydrogens is 322 g/mol. The lowest BCUT2D eigenvalue weighted by Gasteiger charge is -2.12. The molecule has 2 heterocycles. The maximum atomic E-state index is 12.2. The highest BCUT2D eigenvalue weighted by Crippen LogP contribution is 2.27. The molecule has 0 fully saturated rings. The zero-order valence-corrected chi connectivity index (χ0v) is 14.8.